The van der Waals surface area contributed by atoms with E-state index in [0.29, 0.717) is 17.0 Å². The SMILES string of the molecule is COc1ccc(-c2ccc(=O)n(CC(=O)c3c(C)n(C)c4ccc(OC)cc34)n2)cc1. The Hall–Kier alpha value is -3.87. The molecule has 0 aliphatic carbocycles. The van der Waals surface area contributed by atoms with E-state index in [1.165, 1.54) is 10.7 Å². The standard InChI is InChI=1S/C24H23N3O4/c1-15-24(19-13-18(31-4)9-11-21(19)26(15)2)22(28)14-27-23(29)12-10-20(25-27)16-5-7-17(30-3)8-6-16/h5-13H,14H2,1-4H3. The third-order valence-corrected chi connectivity index (χ3v) is 5.52. The molecule has 0 atom stereocenters. The van der Waals surface area contributed by atoms with Crippen molar-refractivity contribution < 1.29 is 14.3 Å². The smallest absolute Gasteiger partial charge is 0.267 e. The number of fused-ring (bicyclic) bond motifs is 1. The summed E-state index contributed by atoms with van der Waals surface area (Å²) < 4.78 is 13.7. The lowest BCUT2D eigenvalue weighted by Crippen LogP contribution is -2.26. The molecule has 4 aromatic rings. The van der Waals surface area contributed by atoms with Crippen LogP contribution in [0.25, 0.3) is 22.2 Å². The number of methoxy groups -OCH3 is 2. The summed E-state index contributed by atoms with van der Waals surface area (Å²) in [6, 6.07) is 16.1. The highest BCUT2D eigenvalue weighted by molar-refractivity contribution is 6.09. The molecule has 0 saturated carbocycles. The number of benzene rings is 2. The highest BCUT2D eigenvalue weighted by Gasteiger charge is 2.20. The number of ketones is 1. The van der Waals surface area contributed by atoms with Crippen molar-refractivity contribution in [1.29, 1.82) is 0 Å². The Labute approximate surface area is 179 Å². The molecular weight excluding hydrogens is 394 g/mol. The van der Waals surface area contributed by atoms with Crippen LogP contribution >= 0.6 is 0 Å². The van der Waals surface area contributed by atoms with Crippen LogP contribution in [0.3, 0.4) is 0 Å². The van der Waals surface area contributed by atoms with E-state index in [2.05, 4.69) is 5.10 Å². The van der Waals surface area contributed by atoms with E-state index < -0.39 is 0 Å². The minimum absolute atomic E-state index is 0.153. The van der Waals surface area contributed by atoms with Gasteiger partial charge in [0.15, 0.2) is 5.78 Å². The Morgan fingerprint density at radius 3 is 2.32 bits per heavy atom. The first-order valence-corrected chi connectivity index (χ1v) is 9.81. The summed E-state index contributed by atoms with van der Waals surface area (Å²) in [5, 5.41) is 5.22. The second-order valence-electron chi connectivity index (χ2n) is 7.27. The lowest BCUT2D eigenvalue weighted by atomic mass is 10.1. The summed E-state index contributed by atoms with van der Waals surface area (Å²) in [5.41, 5.74) is 3.42. The van der Waals surface area contributed by atoms with E-state index in [1.807, 2.05) is 61.0 Å². The Bertz CT molecular complexity index is 1330. The van der Waals surface area contributed by atoms with Crippen LogP contribution in [0, 0.1) is 6.92 Å². The van der Waals surface area contributed by atoms with Crippen LogP contribution in [0.1, 0.15) is 16.1 Å². The predicted molar refractivity (Wildman–Crippen MR) is 119 cm³/mol. The zero-order valence-electron chi connectivity index (χ0n) is 17.9. The first-order valence-electron chi connectivity index (χ1n) is 9.81. The summed E-state index contributed by atoms with van der Waals surface area (Å²) in [6.07, 6.45) is 0. The highest BCUT2D eigenvalue weighted by Crippen LogP contribution is 2.29. The van der Waals surface area contributed by atoms with Crippen molar-refractivity contribution in [3.8, 4) is 22.8 Å². The summed E-state index contributed by atoms with van der Waals surface area (Å²) in [4.78, 5) is 25.7. The number of nitrogens with zero attached hydrogens (tertiary/aromatic N) is 3. The maximum Gasteiger partial charge on any atom is 0.267 e. The quantitative estimate of drug-likeness (QED) is 0.448. The minimum Gasteiger partial charge on any atom is -0.497 e. The van der Waals surface area contributed by atoms with Crippen molar-refractivity contribution in [2.75, 3.05) is 14.2 Å². The van der Waals surface area contributed by atoms with Gasteiger partial charge in [-0.15, -0.1) is 0 Å². The van der Waals surface area contributed by atoms with Gasteiger partial charge in [0.1, 0.15) is 18.0 Å². The summed E-state index contributed by atoms with van der Waals surface area (Å²) >= 11 is 0. The van der Waals surface area contributed by atoms with Crippen molar-refractivity contribution in [2.24, 2.45) is 7.05 Å². The van der Waals surface area contributed by atoms with Crippen LogP contribution in [0.5, 0.6) is 11.5 Å². The van der Waals surface area contributed by atoms with Gasteiger partial charge in [-0.2, -0.15) is 5.10 Å². The van der Waals surface area contributed by atoms with Crippen molar-refractivity contribution in [2.45, 2.75) is 13.5 Å². The molecule has 7 nitrogen and oxygen atoms in total. The average molecular weight is 417 g/mol. The van der Waals surface area contributed by atoms with E-state index in [4.69, 9.17) is 9.47 Å². The molecular formula is C24H23N3O4. The van der Waals surface area contributed by atoms with Crippen LogP contribution in [-0.2, 0) is 13.6 Å². The molecule has 0 aliphatic heterocycles. The van der Waals surface area contributed by atoms with Gasteiger partial charge in [-0.25, -0.2) is 4.68 Å². The number of aryl methyl sites for hydroxylation is 1. The lowest BCUT2D eigenvalue weighted by Gasteiger charge is -2.08. The van der Waals surface area contributed by atoms with E-state index >= 15 is 0 Å². The molecule has 0 bridgehead atoms. The van der Waals surface area contributed by atoms with Gasteiger partial charge in [-0.1, -0.05) is 0 Å². The van der Waals surface area contributed by atoms with Crippen molar-refractivity contribution >= 4 is 16.7 Å². The molecule has 0 amide bonds. The van der Waals surface area contributed by atoms with E-state index in [0.717, 1.165) is 27.9 Å². The lowest BCUT2D eigenvalue weighted by molar-refractivity contribution is 0.0966. The largest absolute Gasteiger partial charge is 0.497 e. The number of carbonyl (C=O) groups is 1. The number of ether oxygens (including phenoxy) is 2. The van der Waals surface area contributed by atoms with E-state index in [-0.39, 0.29) is 17.9 Å². The van der Waals surface area contributed by atoms with Gasteiger partial charge in [0, 0.05) is 40.8 Å². The molecule has 0 N–H and O–H groups in total. The fraction of sp³-hybridized carbons (Fsp3) is 0.208. The number of hydrogen-bond donors (Lipinski definition) is 0. The molecule has 0 unspecified atom stereocenters. The van der Waals surface area contributed by atoms with Gasteiger partial charge in [0.05, 0.1) is 19.9 Å². The van der Waals surface area contributed by atoms with E-state index in [1.54, 1.807) is 20.3 Å². The van der Waals surface area contributed by atoms with Crippen molar-refractivity contribution in [3.05, 3.63) is 76.2 Å². The van der Waals surface area contributed by atoms with Crippen LogP contribution < -0.4 is 15.0 Å². The average Bonchev–Trinajstić information content (AvgIpc) is 3.04. The molecule has 0 radical (unpaired) electrons. The molecule has 0 spiro atoms. The topological polar surface area (TPSA) is 75.3 Å². The molecule has 0 aliphatic rings. The monoisotopic (exact) mass is 417 g/mol. The number of carbonyl (C=O) groups excluding carboxylic acids is 1. The van der Waals surface area contributed by atoms with Crippen LogP contribution in [-0.4, -0.2) is 34.4 Å². The third-order valence-electron chi connectivity index (χ3n) is 5.52. The molecule has 2 aromatic carbocycles. The van der Waals surface area contributed by atoms with Gasteiger partial charge in [0.25, 0.3) is 5.56 Å². The van der Waals surface area contributed by atoms with E-state index in [9.17, 15) is 9.59 Å². The van der Waals surface area contributed by atoms with Crippen LogP contribution in [0.4, 0.5) is 0 Å². The molecule has 2 heterocycles. The second-order valence-corrected chi connectivity index (χ2v) is 7.27. The first kappa shape index (κ1) is 20.4. The Kier molecular flexibility index (Phi) is 5.33. The van der Waals surface area contributed by atoms with Gasteiger partial charge in [0.2, 0.25) is 0 Å². The maximum absolute atomic E-state index is 13.3. The summed E-state index contributed by atoms with van der Waals surface area (Å²) in [7, 11) is 5.10. The number of aromatic nitrogens is 3. The molecule has 2 aromatic heterocycles. The zero-order chi connectivity index (χ0) is 22.1. The number of hydrogen-bond acceptors (Lipinski definition) is 5. The Morgan fingerprint density at radius 1 is 0.968 bits per heavy atom. The first-order chi connectivity index (χ1) is 14.9. The van der Waals surface area contributed by atoms with Crippen LogP contribution in [0.15, 0.2) is 59.4 Å². The molecule has 158 valence electrons. The second kappa shape index (κ2) is 8.10. The molecule has 0 fully saturated rings. The van der Waals surface area contributed by atoms with Crippen molar-refractivity contribution in [3.63, 3.8) is 0 Å². The van der Waals surface area contributed by atoms with Gasteiger partial charge < -0.3 is 14.0 Å². The van der Waals surface area contributed by atoms with Crippen LogP contribution in [0.2, 0.25) is 0 Å². The zero-order valence-corrected chi connectivity index (χ0v) is 17.9. The number of rotatable bonds is 6. The summed E-state index contributed by atoms with van der Waals surface area (Å²) in [5.74, 6) is 1.22. The maximum atomic E-state index is 13.3. The molecule has 31 heavy (non-hydrogen) atoms. The highest BCUT2D eigenvalue weighted by atomic mass is 16.5. The minimum atomic E-state index is -0.332. The molecule has 0 saturated heterocycles. The Balaban J connectivity index is 1.72. The van der Waals surface area contributed by atoms with Gasteiger partial charge >= 0.3 is 0 Å². The normalized spacial score (nSPS) is 11.0. The molecule has 7 heteroatoms. The number of Topliss-reactive ketones (excluding diaryl/α,β-unsaturated/α-hetero) is 1. The third kappa shape index (κ3) is 3.70. The van der Waals surface area contributed by atoms with Gasteiger partial charge in [-0.05, 0) is 55.5 Å². The predicted octanol–water partition coefficient (Wildman–Crippen LogP) is 3.61. The Morgan fingerprint density at radius 2 is 1.65 bits per heavy atom. The summed E-state index contributed by atoms with van der Waals surface area (Å²) in [6.45, 7) is 1.74. The fourth-order valence-electron chi connectivity index (χ4n) is 3.72. The van der Waals surface area contributed by atoms with Gasteiger partial charge in [-0.3, -0.25) is 9.59 Å². The molecule has 4 rings (SSSR count). The fourth-order valence-corrected chi connectivity index (χ4v) is 3.72. The van der Waals surface area contributed by atoms with Crippen molar-refractivity contribution in [1.82, 2.24) is 14.3 Å².